The molecule has 0 fully saturated rings. The van der Waals surface area contributed by atoms with Gasteiger partial charge in [0.15, 0.2) is 0 Å². The lowest BCUT2D eigenvalue weighted by Crippen LogP contribution is -2.23. The highest BCUT2D eigenvalue weighted by molar-refractivity contribution is 9.10. The van der Waals surface area contributed by atoms with Gasteiger partial charge in [0.05, 0.1) is 4.47 Å². The maximum absolute atomic E-state index is 11.3. The number of carboxylic acid groups (broad SMARTS) is 1. The Bertz CT molecular complexity index is 562. The lowest BCUT2D eigenvalue weighted by atomic mass is 9.93. The zero-order valence-electron chi connectivity index (χ0n) is 11.3. The van der Waals surface area contributed by atoms with Crippen molar-refractivity contribution in [3.8, 4) is 11.5 Å². The van der Waals surface area contributed by atoms with Gasteiger partial charge in [0, 0.05) is 29.5 Å². The van der Waals surface area contributed by atoms with Gasteiger partial charge < -0.3 is 20.3 Å². The molecule has 3 rings (SSSR count). The fraction of sp³-hybridized carbons (Fsp3) is 0.500. The first-order valence-electron chi connectivity index (χ1n) is 6.59. The summed E-state index contributed by atoms with van der Waals surface area (Å²) in [5, 5.41) is 9.27. The third-order valence-electron chi connectivity index (χ3n) is 3.78. The molecule has 0 radical (unpaired) electrons. The van der Waals surface area contributed by atoms with E-state index in [2.05, 4.69) is 15.9 Å². The number of nitrogens with two attached hydrogens (primary N) is 1. The summed E-state index contributed by atoms with van der Waals surface area (Å²) in [6, 6.07) is -1.09. The minimum absolute atomic E-state index is 0.0148. The van der Waals surface area contributed by atoms with Crippen molar-refractivity contribution in [3.63, 3.8) is 0 Å². The van der Waals surface area contributed by atoms with Gasteiger partial charge in [-0.3, -0.25) is 4.79 Å². The molecule has 6 heteroatoms. The van der Waals surface area contributed by atoms with Gasteiger partial charge in [0.2, 0.25) is 0 Å². The lowest BCUT2D eigenvalue weighted by Gasteiger charge is -2.17. The molecule has 3 atom stereocenters. The minimum atomic E-state index is -1.09. The molecule has 2 heterocycles. The second-order valence-corrected chi connectivity index (χ2v) is 6.22. The summed E-state index contributed by atoms with van der Waals surface area (Å²) in [7, 11) is 0. The Hall–Kier alpha value is -1.27. The molecule has 0 saturated heterocycles. The predicted molar refractivity (Wildman–Crippen MR) is 76.3 cm³/mol. The summed E-state index contributed by atoms with van der Waals surface area (Å²) in [5.74, 6) is 0.288. The van der Waals surface area contributed by atoms with Crippen LogP contribution in [0.25, 0.3) is 0 Å². The smallest absolute Gasteiger partial charge is 0.325 e. The molecule has 0 aromatic heterocycles. The Balaban J connectivity index is 2.25. The Morgan fingerprint density at radius 3 is 2.40 bits per heavy atom. The molecule has 0 aliphatic carbocycles. The number of carbonyl (C=O) groups is 1. The van der Waals surface area contributed by atoms with E-state index < -0.39 is 12.0 Å². The fourth-order valence-electron chi connectivity index (χ4n) is 2.95. The monoisotopic (exact) mass is 341 g/mol. The van der Waals surface area contributed by atoms with Crippen molar-refractivity contribution in [2.24, 2.45) is 5.73 Å². The van der Waals surface area contributed by atoms with Crippen molar-refractivity contribution in [1.82, 2.24) is 0 Å². The molecule has 2 aliphatic rings. The quantitative estimate of drug-likeness (QED) is 0.861. The van der Waals surface area contributed by atoms with E-state index in [0.29, 0.717) is 17.7 Å². The molecule has 3 N–H and O–H groups in total. The number of hydrogen-bond acceptors (Lipinski definition) is 4. The van der Waals surface area contributed by atoms with Crippen molar-refractivity contribution in [2.75, 3.05) is 0 Å². The topological polar surface area (TPSA) is 81.8 Å². The Morgan fingerprint density at radius 1 is 1.25 bits per heavy atom. The van der Waals surface area contributed by atoms with Crippen LogP contribution in [0, 0.1) is 0 Å². The second-order valence-electron chi connectivity index (χ2n) is 5.42. The van der Waals surface area contributed by atoms with Crippen LogP contribution in [-0.4, -0.2) is 23.3 Å². The summed E-state index contributed by atoms with van der Waals surface area (Å²) in [4.78, 5) is 11.3. The summed E-state index contributed by atoms with van der Waals surface area (Å²) < 4.78 is 12.5. The van der Waals surface area contributed by atoms with Crippen LogP contribution in [0.2, 0.25) is 0 Å². The number of halogens is 1. The third-order valence-corrected chi connectivity index (χ3v) is 4.62. The van der Waals surface area contributed by atoms with Gasteiger partial charge in [0.25, 0.3) is 0 Å². The van der Waals surface area contributed by atoms with E-state index in [9.17, 15) is 9.90 Å². The van der Waals surface area contributed by atoms with E-state index in [1.54, 1.807) is 0 Å². The van der Waals surface area contributed by atoms with Crippen molar-refractivity contribution in [1.29, 1.82) is 0 Å². The normalized spacial score (nSPS) is 24.6. The number of aliphatic carboxylic acids is 1. The molecule has 5 nitrogen and oxygen atoms in total. The molecule has 0 saturated carbocycles. The van der Waals surface area contributed by atoms with Gasteiger partial charge in [-0.05, 0) is 29.8 Å². The summed E-state index contributed by atoms with van der Waals surface area (Å²) >= 11 is 3.57. The van der Waals surface area contributed by atoms with Gasteiger partial charge in [-0.1, -0.05) is 0 Å². The molecule has 0 bridgehead atoms. The number of carboxylic acids is 1. The van der Waals surface area contributed by atoms with Crippen LogP contribution in [0.15, 0.2) is 4.47 Å². The Kier molecular flexibility index (Phi) is 3.17. The van der Waals surface area contributed by atoms with E-state index in [1.807, 2.05) is 13.8 Å². The number of ether oxygens (including phenoxy) is 2. The first-order valence-corrected chi connectivity index (χ1v) is 7.38. The number of benzene rings is 1. The predicted octanol–water partition coefficient (Wildman–Crippen LogP) is 2.18. The maximum Gasteiger partial charge on any atom is 0.325 e. The fourth-order valence-corrected chi connectivity index (χ4v) is 3.62. The van der Waals surface area contributed by atoms with Gasteiger partial charge in [-0.25, -0.2) is 0 Å². The van der Waals surface area contributed by atoms with Gasteiger partial charge >= 0.3 is 5.97 Å². The van der Waals surface area contributed by atoms with Crippen LogP contribution in [0.3, 0.4) is 0 Å². The molecular weight excluding hydrogens is 326 g/mol. The highest BCUT2D eigenvalue weighted by atomic mass is 79.9. The average Bonchev–Trinajstić information content (AvgIpc) is 2.92. The van der Waals surface area contributed by atoms with Crippen LogP contribution < -0.4 is 15.2 Å². The molecule has 1 aromatic rings. The molecule has 1 aromatic carbocycles. The third kappa shape index (κ3) is 1.90. The van der Waals surface area contributed by atoms with Crippen molar-refractivity contribution in [3.05, 3.63) is 21.2 Å². The maximum atomic E-state index is 11.3. The molecule has 0 spiro atoms. The van der Waals surface area contributed by atoms with Crippen molar-refractivity contribution < 1.29 is 19.4 Å². The molecule has 20 heavy (non-hydrogen) atoms. The highest BCUT2D eigenvalue weighted by Gasteiger charge is 2.38. The first-order chi connectivity index (χ1) is 9.40. The number of hydrogen-bond donors (Lipinski definition) is 2. The van der Waals surface area contributed by atoms with Crippen LogP contribution in [0.4, 0.5) is 0 Å². The SMILES string of the molecule is CC1Cc2c(c(Br)c3c(c2C(N)C(=O)O)OC(C)C3)O1. The average molecular weight is 342 g/mol. The zero-order valence-corrected chi connectivity index (χ0v) is 12.9. The largest absolute Gasteiger partial charge is 0.490 e. The summed E-state index contributed by atoms with van der Waals surface area (Å²) in [6.45, 7) is 3.91. The first kappa shape index (κ1) is 13.7. The van der Waals surface area contributed by atoms with E-state index in [0.717, 1.165) is 27.8 Å². The lowest BCUT2D eigenvalue weighted by molar-refractivity contribution is -0.138. The van der Waals surface area contributed by atoms with Crippen LogP contribution in [0.1, 0.15) is 36.6 Å². The van der Waals surface area contributed by atoms with Crippen LogP contribution in [0.5, 0.6) is 11.5 Å². The molecule has 108 valence electrons. The number of rotatable bonds is 2. The van der Waals surface area contributed by atoms with E-state index >= 15 is 0 Å². The van der Waals surface area contributed by atoms with Gasteiger partial charge in [-0.15, -0.1) is 0 Å². The van der Waals surface area contributed by atoms with Crippen LogP contribution in [-0.2, 0) is 17.6 Å². The highest BCUT2D eigenvalue weighted by Crippen LogP contribution is 2.50. The molecule has 0 amide bonds. The van der Waals surface area contributed by atoms with E-state index in [1.165, 1.54) is 0 Å². The zero-order chi connectivity index (χ0) is 14.6. The van der Waals surface area contributed by atoms with Crippen molar-refractivity contribution in [2.45, 2.75) is 44.9 Å². The molecular formula is C14H16BrNO4. The Labute approximate surface area is 125 Å². The molecule has 3 unspecified atom stereocenters. The van der Waals surface area contributed by atoms with E-state index in [-0.39, 0.29) is 12.2 Å². The van der Waals surface area contributed by atoms with Gasteiger partial charge in [0.1, 0.15) is 29.7 Å². The van der Waals surface area contributed by atoms with Crippen LogP contribution >= 0.6 is 15.9 Å². The summed E-state index contributed by atoms with van der Waals surface area (Å²) in [6.07, 6.45) is 1.40. The summed E-state index contributed by atoms with van der Waals surface area (Å²) in [5.41, 5.74) is 8.25. The molecule has 2 aliphatic heterocycles. The number of fused-ring (bicyclic) bond motifs is 2. The van der Waals surface area contributed by atoms with E-state index in [4.69, 9.17) is 15.2 Å². The minimum Gasteiger partial charge on any atom is -0.490 e. The van der Waals surface area contributed by atoms with Gasteiger partial charge in [-0.2, -0.15) is 0 Å². The van der Waals surface area contributed by atoms with Crippen molar-refractivity contribution >= 4 is 21.9 Å². The second kappa shape index (κ2) is 4.63. The Morgan fingerprint density at radius 2 is 1.80 bits per heavy atom. The standard InChI is InChI=1S/C14H16BrNO4/c1-5-3-7-9(11(16)14(17)18)12-8(4-6(2)19-12)10(15)13(7)20-5/h5-6,11H,3-4,16H2,1-2H3,(H,17,18).